The van der Waals surface area contributed by atoms with E-state index in [0.29, 0.717) is 12.5 Å². The fourth-order valence-corrected chi connectivity index (χ4v) is 1.36. The highest BCUT2D eigenvalue weighted by molar-refractivity contribution is 6.30. The Morgan fingerprint density at radius 2 is 2.11 bits per heavy atom. The third-order valence-corrected chi connectivity index (χ3v) is 2.89. The lowest BCUT2D eigenvalue weighted by molar-refractivity contribution is 0.0918. The van der Waals surface area contributed by atoms with Gasteiger partial charge in [-0.2, -0.15) is 5.26 Å². The lowest BCUT2D eigenvalue weighted by atomic mass is 10.0. The fraction of sp³-hybridized carbons (Fsp3) is 0.333. The minimum absolute atomic E-state index is 0.340. The number of amides is 1. The van der Waals surface area contributed by atoms with Crippen molar-refractivity contribution < 1.29 is 13.6 Å². The van der Waals surface area contributed by atoms with Gasteiger partial charge in [-0.25, -0.2) is 8.78 Å². The summed E-state index contributed by atoms with van der Waals surface area (Å²) in [6.07, 6.45) is 0.340. The first-order valence-electron chi connectivity index (χ1n) is 5.21. The van der Waals surface area contributed by atoms with E-state index >= 15 is 0 Å². The van der Waals surface area contributed by atoms with Crippen LogP contribution in [0.5, 0.6) is 0 Å². The van der Waals surface area contributed by atoms with Gasteiger partial charge in [-0.15, -0.1) is 0 Å². The second-order valence-electron chi connectivity index (χ2n) is 4.00. The fourth-order valence-electron chi connectivity index (χ4n) is 1.21. The van der Waals surface area contributed by atoms with Gasteiger partial charge in [-0.05, 0) is 25.5 Å². The van der Waals surface area contributed by atoms with E-state index in [0.717, 1.165) is 6.07 Å². The smallest absolute Gasteiger partial charge is 0.255 e. The van der Waals surface area contributed by atoms with Crippen LogP contribution in [0.25, 0.3) is 0 Å². The van der Waals surface area contributed by atoms with Gasteiger partial charge in [0.1, 0.15) is 17.2 Å². The number of hydrogen-bond acceptors (Lipinski definition) is 2. The number of halogens is 3. The molecule has 0 fully saturated rings. The van der Waals surface area contributed by atoms with Gasteiger partial charge in [0.05, 0.1) is 16.7 Å². The van der Waals surface area contributed by atoms with Gasteiger partial charge in [0.25, 0.3) is 5.91 Å². The van der Waals surface area contributed by atoms with Crippen LogP contribution in [0.2, 0.25) is 5.02 Å². The molecule has 1 aromatic rings. The molecule has 0 bridgehead atoms. The number of rotatable bonds is 3. The van der Waals surface area contributed by atoms with Crippen LogP contribution in [-0.2, 0) is 0 Å². The summed E-state index contributed by atoms with van der Waals surface area (Å²) in [6, 6.07) is 3.33. The predicted molar refractivity (Wildman–Crippen MR) is 63.1 cm³/mol. The normalized spacial score (nSPS) is 13.6. The van der Waals surface area contributed by atoms with Crippen molar-refractivity contribution in [3.8, 4) is 6.07 Å². The molecule has 1 N–H and O–H groups in total. The molecule has 1 amide bonds. The van der Waals surface area contributed by atoms with Crippen LogP contribution in [0.4, 0.5) is 8.78 Å². The lowest BCUT2D eigenvalue weighted by Gasteiger charge is -2.21. The van der Waals surface area contributed by atoms with E-state index in [4.69, 9.17) is 16.9 Å². The zero-order chi connectivity index (χ0) is 13.9. The van der Waals surface area contributed by atoms with Crippen LogP contribution in [0.1, 0.15) is 30.6 Å². The van der Waals surface area contributed by atoms with Crippen molar-refractivity contribution in [2.24, 2.45) is 0 Å². The maximum atomic E-state index is 13.5. The van der Waals surface area contributed by atoms with Crippen molar-refractivity contribution in [3.63, 3.8) is 0 Å². The predicted octanol–water partition coefficient (Wildman–Crippen LogP) is 3.04. The number of nitrogens with one attached hydrogen (secondary N) is 1. The van der Waals surface area contributed by atoms with Crippen molar-refractivity contribution in [1.82, 2.24) is 5.32 Å². The van der Waals surface area contributed by atoms with Gasteiger partial charge in [-0.3, -0.25) is 4.79 Å². The van der Waals surface area contributed by atoms with Gasteiger partial charge in [0.15, 0.2) is 0 Å². The molecular formula is C12H11ClF2N2O. The average molecular weight is 273 g/mol. The summed E-state index contributed by atoms with van der Waals surface area (Å²) in [5.41, 5.74) is -1.61. The molecule has 3 nitrogen and oxygen atoms in total. The van der Waals surface area contributed by atoms with E-state index < -0.39 is 33.7 Å². The standard InChI is InChI=1S/C12H11ClF2N2O/c1-3-12(2,6-16)17-11(18)7-4-10(15)8(13)5-9(7)14/h4-5H,3H2,1-2H3,(H,17,18). The molecule has 1 aromatic carbocycles. The highest BCUT2D eigenvalue weighted by Crippen LogP contribution is 2.20. The molecule has 0 heterocycles. The van der Waals surface area contributed by atoms with E-state index in [-0.39, 0.29) is 0 Å². The molecule has 96 valence electrons. The molecule has 0 aliphatic carbocycles. The first kappa shape index (κ1) is 14.4. The number of nitriles is 1. The number of carbonyl (C=O) groups is 1. The molecule has 0 spiro atoms. The van der Waals surface area contributed by atoms with Crippen LogP contribution < -0.4 is 5.32 Å². The topological polar surface area (TPSA) is 52.9 Å². The molecule has 0 saturated carbocycles. The van der Waals surface area contributed by atoms with Crippen LogP contribution in [-0.4, -0.2) is 11.4 Å². The zero-order valence-electron chi connectivity index (χ0n) is 9.85. The van der Waals surface area contributed by atoms with Crippen LogP contribution >= 0.6 is 11.6 Å². The van der Waals surface area contributed by atoms with Gasteiger partial charge in [-0.1, -0.05) is 18.5 Å². The largest absolute Gasteiger partial charge is 0.334 e. The van der Waals surface area contributed by atoms with E-state index in [1.807, 2.05) is 6.07 Å². The van der Waals surface area contributed by atoms with E-state index in [1.165, 1.54) is 6.92 Å². The third kappa shape index (κ3) is 2.96. The number of benzene rings is 1. The molecule has 6 heteroatoms. The molecule has 0 radical (unpaired) electrons. The van der Waals surface area contributed by atoms with Gasteiger partial charge in [0, 0.05) is 0 Å². The Labute approximate surface area is 108 Å². The number of carbonyl (C=O) groups excluding carboxylic acids is 1. The zero-order valence-corrected chi connectivity index (χ0v) is 10.6. The first-order valence-corrected chi connectivity index (χ1v) is 5.59. The maximum Gasteiger partial charge on any atom is 0.255 e. The van der Waals surface area contributed by atoms with Crippen LogP contribution in [0, 0.1) is 23.0 Å². The Morgan fingerprint density at radius 1 is 1.50 bits per heavy atom. The summed E-state index contributed by atoms with van der Waals surface area (Å²) in [4.78, 5) is 11.8. The molecular weight excluding hydrogens is 262 g/mol. The summed E-state index contributed by atoms with van der Waals surface area (Å²) in [6.45, 7) is 3.19. The molecule has 18 heavy (non-hydrogen) atoms. The second kappa shape index (κ2) is 5.32. The molecule has 0 aliphatic rings. The highest BCUT2D eigenvalue weighted by Gasteiger charge is 2.26. The summed E-state index contributed by atoms with van der Waals surface area (Å²) in [7, 11) is 0. The Morgan fingerprint density at radius 3 is 2.61 bits per heavy atom. The molecule has 0 aliphatic heterocycles. The quantitative estimate of drug-likeness (QED) is 0.860. The minimum atomic E-state index is -1.13. The number of nitrogens with zero attached hydrogens (tertiary/aromatic N) is 1. The molecule has 1 rings (SSSR count). The summed E-state index contributed by atoms with van der Waals surface area (Å²) in [5.74, 6) is -2.68. The Kier molecular flexibility index (Phi) is 4.25. The van der Waals surface area contributed by atoms with Crippen molar-refractivity contribution in [2.75, 3.05) is 0 Å². The van der Waals surface area contributed by atoms with E-state index in [2.05, 4.69) is 5.32 Å². The first-order chi connectivity index (χ1) is 8.33. The average Bonchev–Trinajstić information content (AvgIpc) is 2.33. The molecule has 1 atom stereocenters. The SMILES string of the molecule is CCC(C)(C#N)NC(=O)c1cc(F)c(Cl)cc1F. The third-order valence-electron chi connectivity index (χ3n) is 2.60. The minimum Gasteiger partial charge on any atom is -0.334 e. The summed E-state index contributed by atoms with van der Waals surface area (Å²) in [5, 5.41) is 10.8. The Bertz CT molecular complexity index is 528. The van der Waals surface area contributed by atoms with Crippen molar-refractivity contribution in [1.29, 1.82) is 5.26 Å². The van der Waals surface area contributed by atoms with E-state index in [9.17, 15) is 13.6 Å². The lowest BCUT2D eigenvalue weighted by Crippen LogP contribution is -2.44. The Balaban J connectivity index is 3.06. The van der Waals surface area contributed by atoms with Gasteiger partial charge >= 0.3 is 0 Å². The molecule has 1 unspecified atom stereocenters. The van der Waals surface area contributed by atoms with Gasteiger partial charge < -0.3 is 5.32 Å². The number of hydrogen-bond donors (Lipinski definition) is 1. The van der Waals surface area contributed by atoms with Crippen molar-refractivity contribution >= 4 is 17.5 Å². The second-order valence-corrected chi connectivity index (χ2v) is 4.40. The summed E-state index contributed by atoms with van der Waals surface area (Å²) >= 11 is 5.38. The molecule has 0 aromatic heterocycles. The highest BCUT2D eigenvalue weighted by atomic mass is 35.5. The van der Waals surface area contributed by atoms with Crippen LogP contribution in [0.3, 0.4) is 0 Å². The van der Waals surface area contributed by atoms with Crippen molar-refractivity contribution in [2.45, 2.75) is 25.8 Å². The van der Waals surface area contributed by atoms with E-state index in [1.54, 1.807) is 6.92 Å². The monoisotopic (exact) mass is 272 g/mol. The van der Waals surface area contributed by atoms with Crippen LogP contribution in [0.15, 0.2) is 12.1 Å². The molecule has 0 saturated heterocycles. The maximum absolute atomic E-state index is 13.5. The van der Waals surface area contributed by atoms with Gasteiger partial charge in [0.2, 0.25) is 0 Å². The van der Waals surface area contributed by atoms with Crippen molar-refractivity contribution in [3.05, 3.63) is 34.4 Å². The summed E-state index contributed by atoms with van der Waals surface area (Å²) < 4.78 is 26.6. The Hall–Kier alpha value is -1.67.